The summed E-state index contributed by atoms with van der Waals surface area (Å²) in [4.78, 5) is 8.02. The van der Waals surface area contributed by atoms with Crippen LogP contribution in [0.25, 0.3) is 0 Å². The Labute approximate surface area is 112 Å². The number of halogens is 3. The van der Waals surface area contributed by atoms with Crippen LogP contribution >= 0.6 is 0 Å². The minimum absolute atomic E-state index is 0.0399. The van der Waals surface area contributed by atoms with Gasteiger partial charge in [-0.15, -0.1) is 0 Å². The van der Waals surface area contributed by atoms with Crippen molar-refractivity contribution in [2.24, 2.45) is 5.16 Å². The van der Waals surface area contributed by atoms with Gasteiger partial charge in [-0.05, 0) is 6.92 Å². The molecule has 0 aromatic carbocycles. The number of nitrogens with zero attached hydrogens (tertiary/aromatic N) is 2. The molecule has 0 spiro atoms. The van der Waals surface area contributed by atoms with E-state index >= 15 is 0 Å². The van der Waals surface area contributed by atoms with E-state index in [-0.39, 0.29) is 11.5 Å². The third-order valence-electron chi connectivity index (χ3n) is 2.15. The van der Waals surface area contributed by atoms with Crippen LogP contribution in [-0.2, 0) is 14.7 Å². The summed E-state index contributed by atoms with van der Waals surface area (Å²) >= 11 is 0. The number of sulfone groups is 1. The van der Waals surface area contributed by atoms with Crippen LogP contribution in [0.2, 0.25) is 0 Å². The van der Waals surface area contributed by atoms with Gasteiger partial charge in [-0.2, -0.15) is 8.78 Å². The van der Waals surface area contributed by atoms with E-state index in [2.05, 4.69) is 15.0 Å². The van der Waals surface area contributed by atoms with Crippen LogP contribution in [0.15, 0.2) is 26.7 Å². The molecular weight excluding hydrogens is 301 g/mol. The van der Waals surface area contributed by atoms with Crippen molar-refractivity contribution in [1.82, 2.24) is 4.98 Å². The number of aromatic nitrogens is 1. The molecule has 10 heteroatoms. The maximum atomic E-state index is 12.6. The summed E-state index contributed by atoms with van der Waals surface area (Å²) in [7, 11) is -2.83. The summed E-state index contributed by atoms with van der Waals surface area (Å²) in [6.45, 7) is 1.46. The summed E-state index contributed by atoms with van der Waals surface area (Å²) in [5, 5.41) is 2.69. The van der Waals surface area contributed by atoms with E-state index in [0.29, 0.717) is 0 Å². The highest BCUT2D eigenvalue weighted by molar-refractivity contribution is 7.91. The monoisotopic (exact) mass is 312 g/mol. The molecule has 0 saturated heterocycles. The smallest absolute Gasteiger partial charge is 0.315 e. The second-order valence-corrected chi connectivity index (χ2v) is 5.57. The molecule has 0 atom stereocenters. The quantitative estimate of drug-likeness (QED) is 0.594. The van der Waals surface area contributed by atoms with E-state index < -0.39 is 39.1 Å². The number of oxazole rings is 1. The second kappa shape index (κ2) is 6.55. The van der Waals surface area contributed by atoms with Gasteiger partial charge in [0.25, 0.3) is 0 Å². The third kappa shape index (κ3) is 4.08. The van der Waals surface area contributed by atoms with Crippen molar-refractivity contribution in [3.05, 3.63) is 23.4 Å². The molecule has 0 bridgehead atoms. The molecule has 0 fully saturated rings. The third-order valence-corrected chi connectivity index (χ3v) is 3.60. The Morgan fingerprint density at radius 3 is 2.65 bits per heavy atom. The first-order chi connectivity index (χ1) is 9.27. The van der Waals surface area contributed by atoms with Gasteiger partial charge in [0.15, 0.2) is 11.6 Å². The van der Waals surface area contributed by atoms with Gasteiger partial charge in [0.1, 0.15) is 13.3 Å². The number of hydrogen-bond acceptors (Lipinski definition) is 6. The van der Waals surface area contributed by atoms with Gasteiger partial charge in [0.05, 0.1) is 11.4 Å². The minimum Gasteiger partial charge on any atom is -0.427 e. The molecule has 112 valence electrons. The van der Waals surface area contributed by atoms with E-state index in [4.69, 9.17) is 4.42 Å². The van der Waals surface area contributed by atoms with E-state index in [0.717, 1.165) is 6.21 Å². The molecule has 0 N–H and O–H groups in total. The van der Waals surface area contributed by atoms with E-state index in [1.807, 2.05) is 0 Å². The number of rotatable bonds is 6. The number of oxime groups is 1. The molecule has 1 aromatic heterocycles. The molecule has 1 heterocycles. The standard InChI is InChI=1S/C10H11F3N2O4S/c1-6-8(5-14-18-2)19-10(15-6)20(16,17)4-3-7(11)9(12)13/h5H,3-4H2,1-2H3/b14-5+. The highest BCUT2D eigenvalue weighted by Crippen LogP contribution is 2.19. The Hall–Kier alpha value is -1.84. The lowest BCUT2D eigenvalue weighted by Crippen LogP contribution is -2.07. The van der Waals surface area contributed by atoms with Gasteiger partial charge in [-0.25, -0.2) is 17.8 Å². The summed E-state index contributed by atoms with van der Waals surface area (Å²) in [5.74, 6) is -2.62. The molecule has 6 nitrogen and oxygen atoms in total. The van der Waals surface area contributed by atoms with Gasteiger partial charge in [-0.1, -0.05) is 5.16 Å². The molecule has 0 saturated carbocycles. The fourth-order valence-electron chi connectivity index (χ4n) is 1.14. The summed E-state index contributed by atoms with van der Waals surface area (Å²) < 4.78 is 64.7. The molecule has 0 radical (unpaired) electrons. The van der Waals surface area contributed by atoms with Crippen LogP contribution in [0.5, 0.6) is 0 Å². The summed E-state index contributed by atoms with van der Waals surface area (Å²) in [5.41, 5.74) is 0.220. The van der Waals surface area contributed by atoms with Gasteiger partial charge in [0, 0.05) is 6.42 Å². The topological polar surface area (TPSA) is 81.8 Å². The number of hydrogen-bond donors (Lipinski definition) is 0. The SMILES string of the molecule is CO/N=C/c1oc(S(=O)(=O)CCC(F)=C(F)F)nc1C. The molecule has 0 aliphatic carbocycles. The molecule has 1 aromatic rings. The summed E-state index contributed by atoms with van der Waals surface area (Å²) in [6, 6.07) is 0. The van der Waals surface area contributed by atoms with Crippen LogP contribution in [-0.4, -0.2) is 32.5 Å². The lowest BCUT2D eigenvalue weighted by molar-refractivity contribution is 0.214. The molecule has 0 unspecified atom stereocenters. The number of aryl methyl sites for hydroxylation is 1. The zero-order chi connectivity index (χ0) is 15.3. The average molecular weight is 312 g/mol. The van der Waals surface area contributed by atoms with Crippen molar-refractivity contribution in [2.45, 2.75) is 18.6 Å². The Morgan fingerprint density at radius 2 is 2.10 bits per heavy atom. The Morgan fingerprint density at radius 1 is 1.45 bits per heavy atom. The first-order valence-electron chi connectivity index (χ1n) is 5.24. The van der Waals surface area contributed by atoms with Crippen molar-refractivity contribution >= 4 is 16.1 Å². The molecule has 0 aliphatic heterocycles. The fourth-order valence-corrected chi connectivity index (χ4v) is 2.26. The maximum Gasteiger partial charge on any atom is 0.315 e. The maximum absolute atomic E-state index is 12.6. The van der Waals surface area contributed by atoms with E-state index in [9.17, 15) is 21.6 Å². The van der Waals surface area contributed by atoms with Crippen molar-refractivity contribution < 1.29 is 30.8 Å². The fraction of sp³-hybridized carbons (Fsp3) is 0.400. The average Bonchev–Trinajstić information content (AvgIpc) is 2.75. The molecule has 0 aliphatic rings. The van der Waals surface area contributed by atoms with Gasteiger partial charge >= 0.3 is 11.3 Å². The highest BCUT2D eigenvalue weighted by Gasteiger charge is 2.24. The first kappa shape index (κ1) is 16.2. The van der Waals surface area contributed by atoms with Crippen molar-refractivity contribution in [1.29, 1.82) is 0 Å². The van der Waals surface area contributed by atoms with E-state index in [1.165, 1.54) is 14.0 Å². The van der Waals surface area contributed by atoms with Crippen molar-refractivity contribution in [3.63, 3.8) is 0 Å². The van der Waals surface area contributed by atoms with Crippen molar-refractivity contribution in [3.8, 4) is 0 Å². The Kier molecular flexibility index (Phi) is 5.31. The van der Waals surface area contributed by atoms with Crippen LogP contribution in [0.3, 0.4) is 0 Å². The minimum atomic E-state index is -4.10. The Balaban J connectivity index is 2.94. The van der Waals surface area contributed by atoms with Crippen molar-refractivity contribution in [2.75, 3.05) is 12.9 Å². The summed E-state index contributed by atoms with van der Waals surface area (Å²) in [6.07, 6.45) is -2.40. The second-order valence-electron chi connectivity index (χ2n) is 3.58. The van der Waals surface area contributed by atoms with Crippen LogP contribution < -0.4 is 0 Å². The molecule has 20 heavy (non-hydrogen) atoms. The largest absolute Gasteiger partial charge is 0.427 e. The molecule has 1 rings (SSSR count). The van der Waals surface area contributed by atoms with Gasteiger partial charge in [0.2, 0.25) is 9.84 Å². The van der Waals surface area contributed by atoms with Crippen LogP contribution in [0.4, 0.5) is 13.2 Å². The lowest BCUT2D eigenvalue weighted by Gasteiger charge is -1.97. The van der Waals surface area contributed by atoms with Gasteiger partial charge < -0.3 is 9.25 Å². The van der Waals surface area contributed by atoms with E-state index in [1.54, 1.807) is 0 Å². The predicted molar refractivity (Wildman–Crippen MR) is 62.9 cm³/mol. The van der Waals surface area contributed by atoms with Crippen LogP contribution in [0, 0.1) is 6.92 Å². The zero-order valence-electron chi connectivity index (χ0n) is 10.6. The zero-order valence-corrected chi connectivity index (χ0v) is 11.4. The molecular formula is C10H11F3N2O4S. The lowest BCUT2D eigenvalue weighted by atomic mass is 10.4. The normalized spacial score (nSPS) is 11.8. The molecule has 0 amide bonds. The first-order valence-corrected chi connectivity index (χ1v) is 6.89. The Bertz CT molecular complexity index is 633. The van der Waals surface area contributed by atoms with Crippen LogP contribution in [0.1, 0.15) is 17.9 Å². The van der Waals surface area contributed by atoms with Gasteiger partial charge in [-0.3, -0.25) is 0 Å². The predicted octanol–water partition coefficient (Wildman–Crippen LogP) is 2.20. The number of allylic oxidation sites excluding steroid dienone is 1. The highest BCUT2D eigenvalue weighted by atomic mass is 32.2.